The number of aromatic nitrogens is 2. The average molecular weight is 281 g/mol. The Morgan fingerprint density at radius 2 is 2.00 bits per heavy atom. The van der Waals surface area contributed by atoms with Gasteiger partial charge < -0.3 is 15.2 Å². The van der Waals surface area contributed by atoms with Crippen LogP contribution in [-0.4, -0.2) is 41.4 Å². The van der Waals surface area contributed by atoms with Crippen LogP contribution in [0.2, 0.25) is 0 Å². The van der Waals surface area contributed by atoms with Crippen LogP contribution in [-0.2, 0) is 4.74 Å². The molecular weight excluding hydrogens is 268 g/mol. The molecule has 1 aliphatic heterocycles. The van der Waals surface area contributed by atoms with Crippen LogP contribution in [0, 0.1) is 17.0 Å². The lowest BCUT2D eigenvalue weighted by Gasteiger charge is -2.40. The topological polar surface area (TPSA) is 67.3 Å². The van der Waals surface area contributed by atoms with Gasteiger partial charge in [-0.2, -0.15) is 0 Å². The zero-order chi connectivity index (χ0) is 14.2. The van der Waals surface area contributed by atoms with Crippen molar-refractivity contribution in [3.05, 3.63) is 30.1 Å². The number of fused-ring (bicyclic) bond motifs is 1. The van der Waals surface area contributed by atoms with Gasteiger partial charge in [-0.1, -0.05) is 0 Å². The van der Waals surface area contributed by atoms with Crippen molar-refractivity contribution in [1.29, 1.82) is 0 Å². The molecule has 0 radical (unpaired) electrons. The van der Waals surface area contributed by atoms with E-state index in [2.05, 4.69) is 15.3 Å². The highest BCUT2D eigenvalue weighted by atomic mass is 19.2. The zero-order valence-electron chi connectivity index (χ0n) is 10.6. The van der Waals surface area contributed by atoms with E-state index in [1.807, 2.05) is 0 Å². The van der Waals surface area contributed by atoms with Crippen LogP contribution in [0.3, 0.4) is 0 Å². The molecule has 0 unspecified atom stereocenters. The number of aliphatic hydroxyl groups excluding tert-OH is 1. The predicted molar refractivity (Wildman–Crippen MR) is 68.3 cm³/mol. The fourth-order valence-electron chi connectivity index (χ4n) is 2.10. The summed E-state index contributed by atoms with van der Waals surface area (Å²) in [7, 11) is 0. The molecule has 7 heteroatoms. The number of hydrogen-bond acceptors (Lipinski definition) is 5. The lowest BCUT2D eigenvalue weighted by molar-refractivity contribution is -0.128. The number of halogens is 2. The van der Waals surface area contributed by atoms with Gasteiger partial charge in [0.2, 0.25) is 0 Å². The molecule has 0 amide bonds. The molecule has 1 aromatic carbocycles. The Morgan fingerprint density at radius 3 is 2.65 bits per heavy atom. The van der Waals surface area contributed by atoms with Gasteiger partial charge in [0.25, 0.3) is 0 Å². The molecule has 106 valence electrons. The molecule has 1 fully saturated rings. The van der Waals surface area contributed by atoms with Gasteiger partial charge in [-0.05, 0) is 6.07 Å². The Labute approximate surface area is 113 Å². The third-order valence-corrected chi connectivity index (χ3v) is 3.46. The van der Waals surface area contributed by atoms with Crippen LogP contribution in [0.25, 0.3) is 10.9 Å². The monoisotopic (exact) mass is 281 g/mol. The maximum absolute atomic E-state index is 13.3. The predicted octanol–water partition coefficient (Wildman–Crippen LogP) is 1.33. The Bertz CT molecular complexity index is 641. The van der Waals surface area contributed by atoms with Gasteiger partial charge in [0.1, 0.15) is 12.1 Å². The number of ether oxygens (including phenoxy) is 1. The summed E-state index contributed by atoms with van der Waals surface area (Å²) in [4.78, 5) is 7.95. The quantitative estimate of drug-likeness (QED) is 0.885. The second kappa shape index (κ2) is 4.92. The van der Waals surface area contributed by atoms with Crippen LogP contribution >= 0.6 is 0 Å². The van der Waals surface area contributed by atoms with Crippen LogP contribution in [0.5, 0.6) is 0 Å². The molecule has 3 rings (SSSR count). The summed E-state index contributed by atoms with van der Waals surface area (Å²) >= 11 is 0. The van der Waals surface area contributed by atoms with E-state index in [0.717, 1.165) is 12.1 Å². The molecule has 0 spiro atoms. The molecule has 0 atom stereocenters. The number of benzene rings is 1. The van der Waals surface area contributed by atoms with Gasteiger partial charge in [0, 0.05) is 18.0 Å². The Kier molecular flexibility index (Phi) is 3.23. The largest absolute Gasteiger partial charge is 0.396 e. The first-order chi connectivity index (χ1) is 9.63. The lowest BCUT2D eigenvalue weighted by Crippen LogP contribution is -2.50. The first kappa shape index (κ1) is 13.1. The third-order valence-electron chi connectivity index (χ3n) is 3.46. The van der Waals surface area contributed by atoms with E-state index in [0.29, 0.717) is 36.5 Å². The van der Waals surface area contributed by atoms with Gasteiger partial charge in [-0.3, -0.25) is 0 Å². The van der Waals surface area contributed by atoms with Crippen LogP contribution in [0.4, 0.5) is 14.6 Å². The number of aliphatic hydroxyl groups is 1. The smallest absolute Gasteiger partial charge is 0.161 e. The highest BCUT2D eigenvalue weighted by Crippen LogP contribution is 2.28. The van der Waals surface area contributed by atoms with E-state index >= 15 is 0 Å². The van der Waals surface area contributed by atoms with Gasteiger partial charge in [0.15, 0.2) is 11.6 Å². The fourth-order valence-corrected chi connectivity index (χ4v) is 2.10. The minimum atomic E-state index is -0.945. The van der Waals surface area contributed by atoms with Gasteiger partial charge in [-0.15, -0.1) is 0 Å². The third kappa shape index (κ3) is 2.19. The number of nitrogens with one attached hydrogen (secondary N) is 1. The first-order valence-corrected chi connectivity index (χ1v) is 6.16. The Hall–Kier alpha value is -1.86. The number of hydrogen-bond donors (Lipinski definition) is 2. The van der Waals surface area contributed by atoms with Crippen molar-refractivity contribution in [3.8, 4) is 0 Å². The van der Waals surface area contributed by atoms with Crippen LogP contribution in [0.15, 0.2) is 18.5 Å². The first-order valence-electron chi connectivity index (χ1n) is 6.16. The summed E-state index contributed by atoms with van der Waals surface area (Å²) < 4.78 is 31.6. The molecule has 2 aromatic rings. The second-order valence-electron chi connectivity index (χ2n) is 5.01. The van der Waals surface area contributed by atoms with Crippen LogP contribution < -0.4 is 5.32 Å². The highest BCUT2D eigenvalue weighted by molar-refractivity contribution is 5.88. The maximum atomic E-state index is 13.3. The lowest BCUT2D eigenvalue weighted by atomic mass is 9.87. The normalized spacial score (nSPS) is 16.9. The summed E-state index contributed by atoms with van der Waals surface area (Å²) in [6.45, 7) is 1.35. The summed E-state index contributed by atoms with van der Waals surface area (Å²) in [6.07, 6.45) is 1.28. The molecule has 0 bridgehead atoms. The molecule has 1 aliphatic rings. The van der Waals surface area contributed by atoms with Gasteiger partial charge in [-0.25, -0.2) is 18.7 Å². The number of rotatable bonds is 4. The molecule has 1 saturated heterocycles. The standard InChI is InChI=1S/C13H13F2N3O2/c14-9-1-8-11(2-10(9)15)17-7-18-12(8)16-3-13(4-19)5-20-6-13/h1-2,7,19H,3-6H2,(H,16,17,18). The van der Waals surface area contributed by atoms with Crippen molar-refractivity contribution in [1.82, 2.24) is 9.97 Å². The number of nitrogens with zero attached hydrogens (tertiary/aromatic N) is 2. The number of anilines is 1. The van der Waals surface area contributed by atoms with Crippen molar-refractivity contribution in [2.45, 2.75) is 0 Å². The molecule has 2 heterocycles. The van der Waals surface area contributed by atoms with E-state index in [-0.39, 0.29) is 12.0 Å². The Morgan fingerprint density at radius 1 is 1.25 bits per heavy atom. The molecular formula is C13H13F2N3O2. The SMILES string of the molecule is OCC1(CNc2ncnc3cc(F)c(F)cc23)COC1. The van der Waals surface area contributed by atoms with E-state index in [4.69, 9.17) is 4.74 Å². The highest BCUT2D eigenvalue weighted by Gasteiger charge is 2.38. The van der Waals surface area contributed by atoms with Crippen LogP contribution in [0.1, 0.15) is 0 Å². The summed E-state index contributed by atoms with van der Waals surface area (Å²) in [5.41, 5.74) is -0.0140. The summed E-state index contributed by atoms with van der Waals surface area (Å²) in [5, 5.41) is 12.8. The van der Waals surface area contributed by atoms with Crippen molar-refractivity contribution in [2.24, 2.45) is 5.41 Å². The summed E-state index contributed by atoms with van der Waals surface area (Å²) in [5.74, 6) is -1.48. The van der Waals surface area contributed by atoms with Crippen molar-refractivity contribution >= 4 is 16.7 Å². The minimum Gasteiger partial charge on any atom is -0.396 e. The van der Waals surface area contributed by atoms with Crippen molar-refractivity contribution in [3.63, 3.8) is 0 Å². The molecule has 2 N–H and O–H groups in total. The van der Waals surface area contributed by atoms with E-state index in [1.165, 1.54) is 6.33 Å². The van der Waals surface area contributed by atoms with Gasteiger partial charge >= 0.3 is 0 Å². The molecule has 0 aliphatic carbocycles. The molecule has 20 heavy (non-hydrogen) atoms. The maximum Gasteiger partial charge on any atom is 0.161 e. The second-order valence-corrected chi connectivity index (χ2v) is 5.01. The fraction of sp³-hybridized carbons (Fsp3) is 0.385. The van der Waals surface area contributed by atoms with E-state index in [9.17, 15) is 13.9 Å². The van der Waals surface area contributed by atoms with Crippen molar-refractivity contribution < 1.29 is 18.6 Å². The summed E-state index contributed by atoms with van der Waals surface area (Å²) in [6, 6.07) is 2.10. The molecule has 5 nitrogen and oxygen atoms in total. The van der Waals surface area contributed by atoms with Gasteiger partial charge in [0.05, 0.1) is 30.8 Å². The molecule has 1 aromatic heterocycles. The average Bonchev–Trinajstić information content (AvgIpc) is 2.40. The Balaban J connectivity index is 1.89. The zero-order valence-corrected chi connectivity index (χ0v) is 10.6. The molecule has 0 saturated carbocycles. The van der Waals surface area contributed by atoms with E-state index in [1.54, 1.807) is 0 Å². The van der Waals surface area contributed by atoms with E-state index < -0.39 is 11.6 Å². The minimum absolute atomic E-state index is 0.00793. The van der Waals surface area contributed by atoms with Crippen molar-refractivity contribution in [2.75, 3.05) is 31.7 Å².